The van der Waals surface area contributed by atoms with Crippen LogP contribution >= 0.6 is 15.9 Å². The topological polar surface area (TPSA) is 59.5 Å². The third-order valence-corrected chi connectivity index (χ3v) is 4.80. The number of carbonyl (C=O) groups is 1. The zero-order valence-corrected chi connectivity index (χ0v) is 15.1. The Morgan fingerprint density at radius 1 is 1.24 bits per heavy atom. The minimum Gasteiger partial charge on any atom is -0.450 e. The van der Waals surface area contributed by atoms with Crippen LogP contribution in [-0.2, 0) is 4.79 Å². The van der Waals surface area contributed by atoms with Gasteiger partial charge in [-0.25, -0.2) is 4.98 Å². The van der Waals surface area contributed by atoms with Gasteiger partial charge in [-0.1, -0.05) is 12.1 Å². The first kappa shape index (κ1) is 16.1. The van der Waals surface area contributed by atoms with Gasteiger partial charge >= 0.3 is 0 Å². The number of benzene rings is 1. The summed E-state index contributed by atoms with van der Waals surface area (Å²) in [7, 11) is 0. The Labute approximate surface area is 153 Å². The molecule has 6 heteroatoms. The number of aromatic nitrogens is 1. The predicted octanol–water partition coefficient (Wildman–Crippen LogP) is 4.60. The number of rotatable bonds is 3. The maximum absolute atomic E-state index is 12.5. The van der Waals surface area contributed by atoms with Crippen LogP contribution in [0.15, 0.2) is 56.0 Å². The lowest BCUT2D eigenvalue weighted by Gasteiger charge is -2.30. The number of amides is 1. The first-order chi connectivity index (χ1) is 12.2. The van der Waals surface area contributed by atoms with Crippen molar-refractivity contribution in [2.45, 2.75) is 18.8 Å². The molecule has 0 aliphatic carbocycles. The molecule has 0 radical (unpaired) electrons. The van der Waals surface area contributed by atoms with Crippen molar-refractivity contribution in [1.29, 1.82) is 0 Å². The fourth-order valence-corrected chi connectivity index (χ4v) is 3.44. The van der Waals surface area contributed by atoms with Crippen LogP contribution in [0.25, 0.3) is 17.2 Å². The van der Waals surface area contributed by atoms with Gasteiger partial charge in [-0.2, -0.15) is 0 Å². The van der Waals surface area contributed by atoms with E-state index >= 15 is 0 Å². The molecule has 128 valence electrons. The molecular weight excluding hydrogens is 384 g/mol. The molecule has 2 aromatic heterocycles. The highest BCUT2D eigenvalue weighted by Gasteiger charge is 2.27. The normalized spacial score (nSPS) is 18.3. The summed E-state index contributed by atoms with van der Waals surface area (Å²) in [5.41, 5.74) is 1.66. The second-order valence-electron chi connectivity index (χ2n) is 6.12. The maximum atomic E-state index is 12.5. The molecule has 0 N–H and O–H groups in total. The van der Waals surface area contributed by atoms with Crippen molar-refractivity contribution in [3.8, 4) is 0 Å². The minimum atomic E-state index is -0.0201. The number of piperidine rings is 1. The van der Waals surface area contributed by atoms with E-state index in [1.54, 1.807) is 18.2 Å². The van der Waals surface area contributed by atoms with Crippen LogP contribution in [0.1, 0.15) is 30.4 Å². The smallest absolute Gasteiger partial charge is 0.246 e. The number of carbonyl (C=O) groups excluding carboxylic acids is 1. The number of nitrogens with zero attached hydrogens (tertiary/aromatic N) is 2. The Hall–Kier alpha value is -2.34. The van der Waals surface area contributed by atoms with Gasteiger partial charge in [-0.3, -0.25) is 4.79 Å². The highest BCUT2D eigenvalue weighted by atomic mass is 79.9. The summed E-state index contributed by atoms with van der Waals surface area (Å²) in [5, 5.41) is 0. The van der Waals surface area contributed by atoms with Gasteiger partial charge in [-0.15, -0.1) is 0 Å². The first-order valence-electron chi connectivity index (χ1n) is 8.27. The molecule has 0 bridgehead atoms. The van der Waals surface area contributed by atoms with E-state index in [-0.39, 0.29) is 11.8 Å². The van der Waals surface area contributed by atoms with Gasteiger partial charge in [0.2, 0.25) is 5.91 Å². The zero-order chi connectivity index (χ0) is 17.2. The number of furan rings is 1. The quantitative estimate of drug-likeness (QED) is 0.602. The summed E-state index contributed by atoms with van der Waals surface area (Å²) in [6, 6.07) is 11.4. The van der Waals surface area contributed by atoms with Gasteiger partial charge in [-0.05, 0) is 59.1 Å². The molecule has 0 spiro atoms. The molecule has 1 saturated heterocycles. The van der Waals surface area contributed by atoms with Crippen molar-refractivity contribution >= 4 is 39.0 Å². The van der Waals surface area contributed by atoms with E-state index in [0.29, 0.717) is 17.0 Å². The fourth-order valence-electron chi connectivity index (χ4n) is 3.12. The summed E-state index contributed by atoms with van der Waals surface area (Å²) < 4.78 is 11.9. The van der Waals surface area contributed by atoms with Gasteiger partial charge < -0.3 is 13.7 Å². The van der Waals surface area contributed by atoms with Crippen LogP contribution in [0.5, 0.6) is 0 Å². The number of hydrogen-bond acceptors (Lipinski definition) is 4. The molecule has 0 unspecified atom stereocenters. The lowest BCUT2D eigenvalue weighted by atomic mass is 9.98. The zero-order valence-electron chi connectivity index (χ0n) is 13.5. The van der Waals surface area contributed by atoms with Crippen LogP contribution in [0, 0.1) is 0 Å². The Kier molecular flexibility index (Phi) is 4.44. The molecule has 0 saturated carbocycles. The molecule has 1 aromatic carbocycles. The highest BCUT2D eigenvalue weighted by Crippen LogP contribution is 2.29. The van der Waals surface area contributed by atoms with Gasteiger partial charge in [0, 0.05) is 19.2 Å². The SMILES string of the molecule is O=C(/C=C/c1ccc(Br)o1)N1CCC[C@H](c2nc3ccccc3o2)C1. The van der Waals surface area contributed by atoms with Crippen LogP contribution in [0.4, 0.5) is 0 Å². The molecule has 1 amide bonds. The summed E-state index contributed by atoms with van der Waals surface area (Å²) in [6.07, 6.45) is 5.16. The number of fused-ring (bicyclic) bond motifs is 1. The molecule has 1 atom stereocenters. The Morgan fingerprint density at radius 3 is 2.92 bits per heavy atom. The third-order valence-electron chi connectivity index (χ3n) is 4.38. The summed E-state index contributed by atoms with van der Waals surface area (Å²) in [6.45, 7) is 1.37. The highest BCUT2D eigenvalue weighted by molar-refractivity contribution is 9.10. The van der Waals surface area contributed by atoms with Crippen LogP contribution in [0.2, 0.25) is 0 Å². The Morgan fingerprint density at radius 2 is 2.12 bits per heavy atom. The van der Waals surface area contributed by atoms with Gasteiger partial charge in [0.1, 0.15) is 11.3 Å². The number of para-hydroxylation sites is 2. The van der Waals surface area contributed by atoms with Crippen molar-refractivity contribution in [3.05, 3.63) is 58.8 Å². The summed E-state index contributed by atoms with van der Waals surface area (Å²) in [5.74, 6) is 1.48. The van der Waals surface area contributed by atoms with Crippen LogP contribution in [0.3, 0.4) is 0 Å². The number of likely N-dealkylation sites (tertiary alicyclic amines) is 1. The number of oxazole rings is 1. The molecule has 3 aromatic rings. The van der Waals surface area contributed by atoms with Gasteiger partial charge in [0.15, 0.2) is 16.1 Å². The van der Waals surface area contributed by atoms with Crippen LogP contribution < -0.4 is 0 Å². The lowest BCUT2D eigenvalue weighted by Crippen LogP contribution is -2.38. The summed E-state index contributed by atoms with van der Waals surface area (Å²) >= 11 is 3.25. The predicted molar refractivity (Wildman–Crippen MR) is 98.0 cm³/mol. The minimum absolute atomic E-state index is 0.0201. The van der Waals surface area contributed by atoms with Crippen LogP contribution in [-0.4, -0.2) is 28.9 Å². The number of hydrogen-bond donors (Lipinski definition) is 0. The summed E-state index contributed by atoms with van der Waals surface area (Å²) in [4.78, 5) is 18.9. The Bertz CT molecular complexity index is 895. The van der Waals surface area contributed by atoms with Crippen molar-refractivity contribution in [3.63, 3.8) is 0 Å². The van der Waals surface area contributed by atoms with E-state index in [9.17, 15) is 4.79 Å². The number of halogens is 1. The van der Waals surface area contributed by atoms with E-state index in [1.807, 2.05) is 35.2 Å². The van der Waals surface area contributed by atoms with Crippen molar-refractivity contribution in [2.24, 2.45) is 0 Å². The maximum Gasteiger partial charge on any atom is 0.246 e. The second-order valence-corrected chi connectivity index (χ2v) is 6.90. The Balaban J connectivity index is 1.46. The van der Waals surface area contributed by atoms with Crippen molar-refractivity contribution in [2.75, 3.05) is 13.1 Å². The second kappa shape index (κ2) is 6.88. The van der Waals surface area contributed by atoms with E-state index < -0.39 is 0 Å². The van der Waals surface area contributed by atoms with Crippen molar-refractivity contribution in [1.82, 2.24) is 9.88 Å². The third kappa shape index (κ3) is 3.54. The molecule has 5 nitrogen and oxygen atoms in total. The molecule has 1 aliphatic rings. The molecule has 1 aliphatic heterocycles. The van der Waals surface area contributed by atoms with Gasteiger partial charge in [0.05, 0.1) is 5.92 Å². The molecule has 25 heavy (non-hydrogen) atoms. The molecule has 4 rings (SSSR count). The average Bonchev–Trinajstić information content (AvgIpc) is 3.25. The lowest BCUT2D eigenvalue weighted by molar-refractivity contribution is -0.127. The van der Waals surface area contributed by atoms with Gasteiger partial charge in [0.25, 0.3) is 0 Å². The molecule has 3 heterocycles. The molecule has 1 fully saturated rings. The van der Waals surface area contributed by atoms with Crippen molar-refractivity contribution < 1.29 is 13.6 Å². The van der Waals surface area contributed by atoms with E-state index in [0.717, 1.165) is 36.4 Å². The standard InChI is InChI=1S/C19H17BrN2O3/c20-17-9-7-14(24-17)8-10-18(23)22-11-3-4-13(12-22)19-21-15-5-1-2-6-16(15)25-19/h1-2,5-10,13H,3-4,11-12H2/b10-8+/t13-/m0/s1. The van der Waals surface area contributed by atoms with E-state index in [2.05, 4.69) is 20.9 Å². The van der Waals surface area contributed by atoms with E-state index in [1.165, 1.54) is 0 Å². The van der Waals surface area contributed by atoms with E-state index in [4.69, 9.17) is 8.83 Å². The molecular formula is C19H17BrN2O3. The fraction of sp³-hybridized carbons (Fsp3) is 0.263. The monoisotopic (exact) mass is 400 g/mol. The average molecular weight is 401 g/mol. The largest absolute Gasteiger partial charge is 0.450 e. The first-order valence-corrected chi connectivity index (χ1v) is 9.06.